The number of amides is 1. The van der Waals surface area contributed by atoms with Crippen LogP contribution in [0.3, 0.4) is 0 Å². The highest BCUT2D eigenvalue weighted by Crippen LogP contribution is 2.39. The molecule has 6 heteroatoms. The lowest BCUT2D eigenvalue weighted by Gasteiger charge is -2.25. The van der Waals surface area contributed by atoms with Crippen molar-refractivity contribution in [2.75, 3.05) is 6.54 Å². The second-order valence-corrected chi connectivity index (χ2v) is 7.72. The van der Waals surface area contributed by atoms with Gasteiger partial charge in [-0.05, 0) is 53.9 Å². The Morgan fingerprint density at radius 1 is 0.935 bits per heavy atom. The molecule has 1 saturated heterocycles. The standard InChI is InChI=1S/C25H19ClFNO3/c26-19-10-6-17(7-11-19)22-21(23(29)18-8-12-20(27)13-9-18)24(30)25(31)28(22)15-14-16-4-2-1-3-5-16/h1-13,22,29H,14-15H2. The molecule has 1 atom stereocenters. The molecule has 1 N–H and O–H groups in total. The topological polar surface area (TPSA) is 57.6 Å². The van der Waals surface area contributed by atoms with Gasteiger partial charge in [-0.3, -0.25) is 9.59 Å². The Hall–Kier alpha value is -3.44. The molecule has 1 fully saturated rings. The fraction of sp³-hybridized carbons (Fsp3) is 0.120. The number of ketones is 1. The van der Waals surface area contributed by atoms with Gasteiger partial charge in [0.2, 0.25) is 0 Å². The van der Waals surface area contributed by atoms with E-state index in [1.54, 1.807) is 24.3 Å². The molecule has 0 aromatic heterocycles. The van der Waals surface area contributed by atoms with Gasteiger partial charge in [0, 0.05) is 17.1 Å². The number of nitrogens with zero attached hydrogens (tertiary/aromatic N) is 1. The van der Waals surface area contributed by atoms with Crippen molar-refractivity contribution >= 4 is 29.1 Å². The zero-order valence-electron chi connectivity index (χ0n) is 16.5. The number of carbonyl (C=O) groups excluding carboxylic acids is 2. The van der Waals surface area contributed by atoms with Crippen molar-refractivity contribution in [1.82, 2.24) is 4.90 Å². The van der Waals surface area contributed by atoms with Gasteiger partial charge in [-0.1, -0.05) is 54.1 Å². The van der Waals surface area contributed by atoms with E-state index in [4.69, 9.17) is 11.6 Å². The number of aliphatic hydroxyl groups is 1. The summed E-state index contributed by atoms with van der Waals surface area (Å²) in [5.41, 5.74) is 1.92. The molecule has 0 radical (unpaired) electrons. The van der Waals surface area contributed by atoms with E-state index in [1.807, 2.05) is 30.3 Å². The largest absolute Gasteiger partial charge is 0.507 e. The molecule has 4 nitrogen and oxygen atoms in total. The van der Waals surface area contributed by atoms with Crippen molar-refractivity contribution in [1.29, 1.82) is 0 Å². The number of aliphatic hydroxyl groups excluding tert-OH is 1. The normalized spacial score (nSPS) is 17.9. The third-order valence-corrected chi connectivity index (χ3v) is 5.58. The fourth-order valence-corrected chi connectivity index (χ4v) is 3.89. The van der Waals surface area contributed by atoms with Crippen LogP contribution < -0.4 is 0 Å². The third-order valence-electron chi connectivity index (χ3n) is 5.33. The molecule has 0 bridgehead atoms. The quantitative estimate of drug-likeness (QED) is 0.343. The van der Waals surface area contributed by atoms with E-state index in [1.165, 1.54) is 29.2 Å². The maximum absolute atomic E-state index is 13.3. The summed E-state index contributed by atoms with van der Waals surface area (Å²) in [5, 5.41) is 11.4. The maximum Gasteiger partial charge on any atom is 0.295 e. The maximum atomic E-state index is 13.3. The van der Waals surface area contributed by atoms with E-state index in [0.29, 0.717) is 23.6 Å². The molecular weight excluding hydrogens is 417 g/mol. The zero-order valence-corrected chi connectivity index (χ0v) is 17.2. The molecule has 0 saturated carbocycles. The molecular formula is C25H19ClFNO3. The highest BCUT2D eigenvalue weighted by atomic mass is 35.5. The number of rotatable bonds is 5. The lowest BCUT2D eigenvalue weighted by Crippen LogP contribution is -2.31. The summed E-state index contributed by atoms with van der Waals surface area (Å²) in [6.45, 7) is 0.294. The van der Waals surface area contributed by atoms with Gasteiger partial charge in [0.1, 0.15) is 11.6 Å². The molecule has 0 aliphatic carbocycles. The highest BCUT2D eigenvalue weighted by Gasteiger charge is 2.45. The number of likely N-dealkylation sites (tertiary alicyclic amines) is 1. The molecule has 3 aromatic carbocycles. The lowest BCUT2D eigenvalue weighted by molar-refractivity contribution is -0.139. The van der Waals surface area contributed by atoms with E-state index in [0.717, 1.165) is 5.56 Å². The molecule has 1 aliphatic heterocycles. The number of halogens is 2. The van der Waals surface area contributed by atoms with Crippen LogP contribution in [0.25, 0.3) is 5.76 Å². The number of carbonyl (C=O) groups is 2. The fourth-order valence-electron chi connectivity index (χ4n) is 3.76. The van der Waals surface area contributed by atoms with Crippen molar-refractivity contribution in [2.45, 2.75) is 12.5 Å². The summed E-state index contributed by atoms with van der Waals surface area (Å²) < 4.78 is 13.3. The van der Waals surface area contributed by atoms with Crippen LogP contribution in [0.5, 0.6) is 0 Å². The second-order valence-electron chi connectivity index (χ2n) is 7.29. The smallest absolute Gasteiger partial charge is 0.295 e. The first-order valence-electron chi connectivity index (χ1n) is 9.79. The van der Waals surface area contributed by atoms with Gasteiger partial charge in [0.15, 0.2) is 0 Å². The van der Waals surface area contributed by atoms with E-state index >= 15 is 0 Å². The SMILES string of the molecule is O=C1C(=O)N(CCc2ccccc2)C(c2ccc(Cl)cc2)C1=C(O)c1ccc(F)cc1. The summed E-state index contributed by atoms with van der Waals surface area (Å²) in [6, 6.07) is 20.8. The summed E-state index contributed by atoms with van der Waals surface area (Å²) >= 11 is 6.02. The zero-order chi connectivity index (χ0) is 22.0. The third kappa shape index (κ3) is 4.23. The Morgan fingerprint density at radius 3 is 2.23 bits per heavy atom. The Morgan fingerprint density at radius 2 is 1.58 bits per heavy atom. The minimum atomic E-state index is -0.772. The van der Waals surface area contributed by atoms with Gasteiger partial charge in [-0.25, -0.2) is 4.39 Å². The Bertz CT molecular complexity index is 1140. The van der Waals surface area contributed by atoms with Crippen LogP contribution in [-0.4, -0.2) is 28.2 Å². The molecule has 4 rings (SSSR count). The molecule has 3 aromatic rings. The summed E-state index contributed by atoms with van der Waals surface area (Å²) in [6.07, 6.45) is 0.550. The van der Waals surface area contributed by atoms with Crippen molar-refractivity contribution in [3.05, 3.63) is 112 Å². The number of hydrogen-bond acceptors (Lipinski definition) is 3. The molecule has 1 amide bonds. The Kier molecular flexibility index (Phi) is 5.87. The van der Waals surface area contributed by atoms with Crippen LogP contribution in [0.15, 0.2) is 84.4 Å². The summed E-state index contributed by atoms with van der Waals surface area (Å²) in [4.78, 5) is 27.3. The predicted molar refractivity (Wildman–Crippen MR) is 117 cm³/mol. The molecule has 31 heavy (non-hydrogen) atoms. The van der Waals surface area contributed by atoms with E-state index in [9.17, 15) is 19.1 Å². The van der Waals surface area contributed by atoms with Crippen molar-refractivity contribution in [3.8, 4) is 0 Å². The number of hydrogen-bond donors (Lipinski definition) is 1. The van der Waals surface area contributed by atoms with Crippen LogP contribution in [0.1, 0.15) is 22.7 Å². The first-order valence-corrected chi connectivity index (χ1v) is 10.2. The molecule has 156 valence electrons. The van der Waals surface area contributed by atoms with Crippen molar-refractivity contribution in [3.63, 3.8) is 0 Å². The van der Waals surface area contributed by atoms with Gasteiger partial charge in [0.25, 0.3) is 11.7 Å². The Balaban J connectivity index is 1.78. The van der Waals surface area contributed by atoms with Crippen LogP contribution >= 0.6 is 11.6 Å². The number of benzene rings is 3. The monoisotopic (exact) mass is 435 g/mol. The first-order chi connectivity index (χ1) is 15.0. The minimum Gasteiger partial charge on any atom is -0.507 e. The van der Waals surface area contributed by atoms with Gasteiger partial charge in [-0.2, -0.15) is 0 Å². The van der Waals surface area contributed by atoms with E-state index in [-0.39, 0.29) is 16.9 Å². The first kappa shape index (κ1) is 20.8. The predicted octanol–water partition coefficient (Wildman–Crippen LogP) is 5.14. The average Bonchev–Trinajstić information content (AvgIpc) is 3.04. The average molecular weight is 436 g/mol. The van der Waals surface area contributed by atoms with Gasteiger partial charge in [0.05, 0.1) is 11.6 Å². The van der Waals surface area contributed by atoms with Crippen LogP contribution in [0.2, 0.25) is 5.02 Å². The number of Topliss-reactive ketones (excluding diaryl/α,β-unsaturated/α-hetero) is 1. The summed E-state index contributed by atoms with van der Waals surface area (Å²) in [5.74, 6) is -2.25. The van der Waals surface area contributed by atoms with Crippen LogP contribution in [-0.2, 0) is 16.0 Å². The van der Waals surface area contributed by atoms with Crippen molar-refractivity contribution < 1.29 is 19.1 Å². The van der Waals surface area contributed by atoms with Crippen LogP contribution in [0, 0.1) is 5.82 Å². The molecule has 1 aliphatic rings. The highest BCUT2D eigenvalue weighted by molar-refractivity contribution is 6.46. The van der Waals surface area contributed by atoms with Crippen molar-refractivity contribution in [2.24, 2.45) is 0 Å². The van der Waals surface area contributed by atoms with E-state index < -0.39 is 23.5 Å². The van der Waals surface area contributed by atoms with Gasteiger partial charge >= 0.3 is 0 Å². The van der Waals surface area contributed by atoms with Gasteiger partial charge < -0.3 is 10.0 Å². The second kappa shape index (κ2) is 8.74. The minimum absolute atomic E-state index is 0.0213. The molecule has 1 unspecified atom stereocenters. The molecule has 1 heterocycles. The van der Waals surface area contributed by atoms with Crippen LogP contribution in [0.4, 0.5) is 4.39 Å². The Labute approximate surface area is 184 Å². The lowest BCUT2D eigenvalue weighted by atomic mass is 9.95. The van der Waals surface area contributed by atoms with E-state index in [2.05, 4.69) is 0 Å². The van der Waals surface area contributed by atoms with Gasteiger partial charge in [-0.15, -0.1) is 0 Å². The molecule has 0 spiro atoms. The summed E-state index contributed by atoms with van der Waals surface area (Å²) in [7, 11) is 0.